The van der Waals surface area contributed by atoms with Gasteiger partial charge in [-0.1, -0.05) is 30.3 Å². The van der Waals surface area contributed by atoms with Crippen molar-refractivity contribution in [2.75, 3.05) is 5.32 Å². The summed E-state index contributed by atoms with van der Waals surface area (Å²) in [4.78, 5) is 32.2. The van der Waals surface area contributed by atoms with Gasteiger partial charge in [0.15, 0.2) is 5.13 Å². The molecule has 0 bridgehead atoms. The molecule has 0 radical (unpaired) electrons. The zero-order valence-corrected chi connectivity index (χ0v) is 18.9. The third kappa shape index (κ3) is 7.05. The SMILES string of the molecule is CC(C)Oc1cc(C(=O)Nc2nc(CC(=O)O)cs2)cc(O[C@@H](C)Cc2ccccc2)n1. The van der Waals surface area contributed by atoms with Crippen LogP contribution in [0.2, 0.25) is 0 Å². The molecule has 9 heteroatoms. The highest BCUT2D eigenvalue weighted by Crippen LogP contribution is 2.23. The fourth-order valence-electron chi connectivity index (χ4n) is 2.94. The normalized spacial score (nSPS) is 11.8. The zero-order valence-electron chi connectivity index (χ0n) is 18.1. The molecule has 8 nitrogen and oxygen atoms in total. The highest BCUT2D eigenvalue weighted by atomic mass is 32.1. The molecule has 32 heavy (non-hydrogen) atoms. The number of carbonyl (C=O) groups is 2. The van der Waals surface area contributed by atoms with Crippen molar-refractivity contribution in [2.45, 2.75) is 45.8 Å². The van der Waals surface area contributed by atoms with Crippen LogP contribution in [-0.2, 0) is 17.6 Å². The Hall–Kier alpha value is -3.46. The topological polar surface area (TPSA) is 111 Å². The van der Waals surface area contributed by atoms with E-state index in [0.717, 1.165) is 16.9 Å². The number of thiazole rings is 1. The predicted molar refractivity (Wildman–Crippen MR) is 122 cm³/mol. The molecule has 2 heterocycles. The van der Waals surface area contributed by atoms with Crippen molar-refractivity contribution in [3.05, 3.63) is 64.7 Å². The van der Waals surface area contributed by atoms with Crippen LogP contribution in [0.4, 0.5) is 5.13 Å². The monoisotopic (exact) mass is 455 g/mol. The third-order valence-corrected chi connectivity index (χ3v) is 5.00. The van der Waals surface area contributed by atoms with Crippen molar-refractivity contribution in [1.29, 1.82) is 0 Å². The highest BCUT2D eigenvalue weighted by Gasteiger charge is 2.16. The van der Waals surface area contributed by atoms with Gasteiger partial charge in [-0.2, -0.15) is 4.98 Å². The van der Waals surface area contributed by atoms with Crippen molar-refractivity contribution in [3.63, 3.8) is 0 Å². The lowest BCUT2D eigenvalue weighted by Crippen LogP contribution is -2.18. The van der Waals surface area contributed by atoms with E-state index in [-0.39, 0.29) is 30.4 Å². The summed E-state index contributed by atoms with van der Waals surface area (Å²) in [6, 6.07) is 13.0. The molecule has 168 valence electrons. The second-order valence-corrected chi connectivity index (χ2v) is 8.34. The second kappa shape index (κ2) is 10.7. The summed E-state index contributed by atoms with van der Waals surface area (Å²) in [5.74, 6) is -0.843. The van der Waals surface area contributed by atoms with Crippen molar-refractivity contribution in [1.82, 2.24) is 9.97 Å². The summed E-state index contributed by atoms with van der Waals surface area (Å²) in [5.41, 5.74) is 1.82. The van der Waals surface area contributed by atoms with Gasteiger partial charge < -0.3 is 14.6 Å². The van der Waals surface area contributed by atoms with Gasteiger partial charge in [0.25, 0.3) is 5.91 Å². The Morgan fingerprint density at radius 2 is 1.75 bits per heavy atom. The van der Waals surface area contributed by atoms with Crippen LogP contribution in [0.3, 0.4) is 0 Å². The van der Waals surface area contributed by atoms with Crippen molar-refractivity contribution in [2.24, 2.45) is 0 Å². The Morgan fingerprint density at radius 1 is 1.06 bits per heavy atom. The molecule has 0 saturated heterocycles. The standard InChI is InChI=1S/C23H25N3O5S/c1-14(2)30-19-10-17(22(29)26-23-24-18(13-32-23)12-21(27)28)11-20(25-19)31-15(3)9-16-7-5-4-6-8-16/h4-8,10-11,13-15H,9,12H2,1-3H3,(H,27,28)(H,24,26,29)/t15-/m0/s1. The van der Waals surface area contributed by atoms with Gasteiger partial charge in [-0.05, 0) is 26.3 Å². The van der Waals surface area contributed by atoms with Crippen molar-refractivity contribution >= 4 is 28.3 Å². The molecule has 0 aliphatic heterocycles. The van der Waals surface area contributed by atoms with Gasteiger partial charge in [0, 0.05) is 23.9 Å². The molecular formula is C23H25N3O5S. The Kier molecular flexibility index (Phi) is 7.77. The molecule has 0 spiro atoms. The molecule has 0 saturated carbocycles. The second-order valence-electron chi connectivity index (χ2n) is 7.49. The van der Waals surface area contributed by atoms with Crippen LogP contribution in [0.1, 0.15) is 42.4 Å². The molecule has 1 amide bonds. The number of hydrogen-bond acceptors (Lipinski definition) is 7. The zero-order chi connectivity index (χ0) is 23.1. The average Bonchev–Trinajstić information content (AvgIpc) is 3.13. The van der Waals surface area contributed by atoms with Crippen LogP contribution in [0.5, 0.6) is 11.8 Å². The van der Waals surface area contributed by atoms with Gasteiger partial charge in [0.1, 0.15) is 6.10 Å². The Balaban J connectivity index is 1.76. The third-order valence-electron chi connectivity index (χ3n) is 4.19. The Labute approximate surface area is 190 Å². The van der Waals surface area contributed by atoms with Crippen molar-refractivity contribution < 1.29 is 24.2 Å². The lowest BCUT2D eigenvalue weighted by Gasteiger charge is -2.16. The van der Waals surface area contributed by atoms with Gasteiger partial charge in [-0.3, -0.25) is 14.9 Å². The molecule has 3 aromatic rings. The summed E-state index contributed by atoms with van der Waals surface area (Å²) in [6.07, 6.45) is 0.177. The van der Waals surface area contributed by atoms with E-state index >= 15 is 0 Å². The number of aromatic nitrogens is 2. The quantitative estimate of drug-likeness (QED) is 0.471. The number of ether oxygens (including phenoxy) is 2. The molecular weight excluding hydrogens is 430 g/mol. The summed E-state index contributed by atoms with van der Waals surface area (Å²) in [6.45, 7) is 5.67. The number of carbonyl (C=O) groups excluding carboxylic acids is 1. The number of hydrogen-bond donors (Lipinski definition) is 2. The van der Waals surface area contributed by atoms with Gasteiger partial charge in [-0.25, -0.2) is 4.98 Å². The number of rotatable bonds is 10. The van der Waals surface area contributed by atoms with Crippen LogP contribution in [0.15, 0.2) is 47.8 Å². The number of amides is 1. The summed E-state index contributed by atoms with van der Waals surface area (Å²) < 4.78 is 11.7. The average molecular weight is 456 g/mol. The highest BCUT2D eigenvalue weighted by molar-refractivity contribution is 7.14. The lowest BCUT2D eigenvalue weighted by molar-refractivity contribution is -0.136. The largest absolute Gasteiger partial charge is 0.481 e. The first-order chi connectivity index (χ1) is 15.3. The van der Waals surface area contributed by atoms with Gasteiger partial charge in [-0.15, -0.1) is 11.3 Å². The number of benzene rings is 1. The van der Waals surface area contributed by atoms with Crippen LogP contribution in [-0.4, -0.2) is 39.2 Å². The fourth-order valence-corrected chi connectivity index (χ4v) is 3.64. The maximum Gasteiger partial charge on any atom is 0.309 e. The van der Waals surface area contributed by atoms with Gasteiger partial charge in [0.05, 0.1) is 23.8 Å². The van der Waals surface area contributed by atoms with Crippen LogP contribution in [0.25, 0.3) is 0 Å². The molecule has 0 aliphatic carbocycles. The molecule has 3 rings (SSSR count). The maximum atomic E-state index is 12.8. The molecule has 0 aliphatic rings. The molecule has 1 aromatic carbocycles. The van der Waals surface area contributed by atoms with E-state index in [9.17, 15) is 9.59 Å². The van der Waals surface area contributed by atoms with E-state index in [1.165, 1.54) is 6.07 Å². The van der Waals surface area contributed by atoms with E-state index in [2.05, 4.69) is 15.3 Å². The van der Waals surface area contributed by atoms with Crippen LogP contribution < -0.4 is 14.8 Å². The Bertz CT molecular complexity index is 1070. The Morgan fingerprint density at radius 3 is 2.41 bits per heavy atom. The lowest BCUT2D eigenvalue weighted by atomic mass is 10.1. The summed E-state index contributed by atoms with van der Waals surface area (Å²) in [5, 5.41) is 13.5. The van der Waals surface area contributed by atoms with E-state index in [1.54, 1.807) is 11.4 Å². The van der Waals surface area contributed by atoms with E-state index in [1.807, 2.05) is 51.1 Å². The van der Waals surface area contributed by atoms with E-state index < -0.39 is 11.9 Å². The minimum Gasteiger partial charge on any atom is -0.481 e. The smallest absolute Gasteiger partial charge is 0.309 e. The number of pyridine rings is 1. The predicted octanol–water partition coefficient (Wildman–Crippen LogP) is 4.21. The van der Waals surface area contributed by atoms with Crippen LogP contribution >= 0.6 is 11.3 Å². The number of aliphatic carboxylic acids is 1. The minimum atomic E-state index is -0.982. The van der Waals surface area contributed by atoms with Crippen LogP contribution in [0, 0.1) is 0 Å². The van der Waals surface area contributed by atoms with Crippen molar-refractivity contribution in [3.8, 4) is 11.8 Å². The van der Waals surface area contributed by atoms with Gasteiger partial charge >= 0.3 is 5.97 Å². The molecule has 2 aromatic heterocycles. The first-order valence-electron chi connectivity index (χ1n) is 10.2. The molecule has 0 unspecified atom stereocenters. The number of nitrogens with one attached hydrogen (secondary N) is 1. The first-order valence-corrected chi connectivity index (χ1v) is 11.0. The maximum absolute atomic E-state index is 12.8. The number of nitrogens with zero attached hydrogens (tertiary/aromatic N) is 2. The summed E-state index contributed by atoms with van der Waals surface area (Å²) >= 11 is 1.16. The number of anilines is 1. The minimum absolute atomic E-state index is 0.132. The number of carboxylic acids is 1. The van der Waals surface area contributed by atoms with E-state index in [4.69, 9.17) is 14.6 Å². The number of carboxylic acid groups (broad SMARTS) is 1. The molecule has 1 atom stereocenters. The molecule has 0 fully saturated rings. The first kappa shape index (κ1) is 23.2. The summed E-state index contributed by atoms with van der Waals surface area (Å²) in [7, 11) is 0. The molecule has 2 N–H and O–H groups in total. The van der Waals surface area contributed by atoms with E-state index in [0.29, 0.717) is 22.8 Å². The van der Waals surface area contributed by atoms with Gasteiger partial charge in [0.2, 0.25) is 11.8 Å². The fraction of sp³-hybridized carbons (Fsp3) is 0.304.